The van der Waals surface area contributed by atoms with Gasteiger partial charge in [-0.15, -0.1) is 0 Å². The first-order valence-electron chi connectivity index (χ1n) is 6.69. The molecule has 4 nitrogen and oxygen atoms in total. The van der Waals surface area contributed by atoms with Gasteiger partial charge in [-0.1, -0.05) is 6.07 Å². The van der Waals surface area contributed by atoms with Crippen molar-refractivity contribution in [2.75, 3.05) is 0 Å². The third-order valence-electron chi connectivity index (χ3n) is 3.40. The normalized spacial score (nSPS) is 14.8. The Hall–Kier alpha value is -1.81. The van der Waals surface area contributed by atoms with E-state index in [0.717, 1.165) is 23.6 Å². The van der Waals surface area contributed by atoms with Crippen molar-refractivity contribution < 1.29 is 4.42 Å². The van der Waals surface area contributed by atoms with Crippen molar-refractivity contribution in [3.8, 4) is 0 Å². The van der Waals surface area contributed by atoms with Gasteiger partial charge in [-0.3, -0.25) is 4.79 Å². The summed E-state index contributed by atoms with van der Waals surface area (Å²) in [5.74, 6) is 1.75. The van der Waals surface area contributed by atoms with Gasteiger partial charge in [0.1, 0.15) is 11.5 Å². The Labute approximate surface area is 112 Å². The Morgan fingerprint density at radius 3 is 2.89 bits per heavy atom. The number of aryl methyl sites for hydroxylation is 1. The summed E-state index contributed by atoms with van der Waals surface area (Å²) in [6, 6.07) is 8.30. The molecule has 0 unspecified atom stereocenters. The van der Waals surface area contributed by atoms with E-state index in [0.29, 0.717) is 12.6 Å². The second kappa shape index (κ2) is 5.05. The quantitative estimate of drug-likeness (QED) is 0.893. The zero-order chi connectivity index (χ0) is 13.2. The Balaban J connectivity index is 1.68. The van der Waals surface area contributed by atoms with Crippen molar-refractivity contribution in [1.29, 1.82) is 0 Å². The van der Waals surface area contributed by atoms with E-state index < -0.39 is 0 Å². The van der Waals surface area contributed by atoms with E-state index in [9.17, 15) is 4.79 Å². The average Bonchev–Trinajstić information content (AvgIpc) is 3.13. The van der Waals surface area contributed by atoms with Crippen LogP contribution in [0, 0.1) is 6.92 Å². The minimum atomic E-state index is 0.0385. The summed E-state index contributed by atoms with van der Waals surface area (Å²) in [4.78, 5) is 11.9. The van der Waals surface area contributed by atoms with Crippen LogP contribution in [0.5, 0.6) is 0 Å². The molecule has 2 aromatic heterocycles. The fraction of sp³-hybridized carbons (Fsp3) is 0.400. The predicted octanol–water partition coefficient (Wildman–Crippen LogP) is 2.05. The van der Waals surface area contributed by atoms with E-state index in [1.165, 1.54) is 12.8 Å². The Morgan fingerprint density at radius 2 is 2.11 bits per heavy atom. The van der Waals surface area contributed by atoms with E-state index in [2.05, 4.69) is 5.32 Å². The highest BCUT2D eigenvalue weighted by atomic mass is 16.3. The van der Waals surface area contributed by atoms with Gasteiger partial charge in [0.25, 0.3) is 5.56 Å². The van der Waals surface area contributed by atoms with Crippen LogP contribution in [0.3, 0.4) is 0 Å². The molecule has 19 heavy (non-hydrogen) atoms. The van der Waals surface area contributed by atoms with E-state index in [-0.39, 0.29) is 5.56 Å². The van der Waals surface area contributed by atoms with Gasteiger partial charge in [0.05, 0.1) is 13.1 Å². The number of hydrogen-bond donors (Lipinski definition) is 1. The standard InChI is InChI=1S/C15H18N2O2/c1-11-3-2-8-17(15(11)18)10-14-7-6-13(19-14)9-16-12-4-5-12/h2-3,6-8,12,16H,4-5,9-10H2,1H3. The molecule has 0 spiro atoms. The maximum Gasteiger partial charge on any atom is 0.253 e. The van der Waals surface area contributed by atoms with Gasteiger partial charge in [-0.25, -0.2) is 0 Å². The fourth-order valence-electron chi connectivity index (χ4n) is 2.08. The number of aromatic nitrogens is 1. The lowest BCUT2D eigenvalue weighted by Gasteiger charge is -2.04. The highest BCUT2D eigenvalue weighted by Crippen LogP contribution is 2.19. The van der Waals surface area contributed by atoms with Gasteiger partial charge >= 0.3 is 0 Å². The van der Waals surface area contributed by atoms with Crippen LogP contribution < -0.4 is 10.9 Å². The summed E-state index contributed by atoms with van der Waals surface area (Å²) >= 11 is 0. The maximum atomic E-state index is 11.9. The van der Waals surface area contributed by atoms with Crippen molar-refractivity contribution in [3.05, 3.63) is 57.9 Å². The Bertz CT molecular complexity index is 623. The van der Waals surface area contributed by atoms with Crippen LogP contribution in [0.2, 0.25) is 0 Å². The van der Waals surface area contributed by atoms with E-state index >= 15 is 0 Å². The minimum absolute atomic E-state index is 0.0385. The molecule has 0 saturated heterocycles. The van der Waals surface area contributed by atoms with Crippen LogP contribution in [0.25, 0.3) is 0 Å². The third kappa shape index (κ3) is 2.96. The van der Waals surface area contributed by atoms with Crippen LogP contribution in [0.15, 0.2) is 39.7 Å². The largest absolute Gasteiger partial charge is 0.463 e. The topological polar surface area (TPSA) is 47.2 Å². The molecule has 0 bridgehead atoms. The van der Waals surface area contributed by atoms with Gasteiger partial charge in [0, 0.05) is 17.8 Å². The van der Waals surface area contributed by atoms with E-state index in [1.54, 1.807) is 10.8 Å². The molecule has 3 rings (SSSR count). The van der Waals surface area contributed by atoms with Crippen LogP contribution in [-0.4, -0.2) is 10.6 Å². The molecule has 0 atom stereocenters. The van der Waals surface area contributed by atoms with Crippen LogP contribution in [0.1, 0.15) is 29.9 Å². The molecule has 0 radical (unpaired) electrons. The summed E-state index contributed by atoms with van der Waals surface area (Å²) < 4.78 is 7.41. The number of furan rings is 1. The van der Waals surface area contributed by atoms with Gasteiger partial charge in [0.15, 0.2) is 0 Å². The van der Waals surface area contributed by atoms with Crippen molar-refractivity contribution >= 4 is 0 Å². The Morgan fingerprint density at radius 1 is 1.32 bits per heavy atom. The number of nitrogens with zero attached hydrogens (tertiary/aromatic N) is 1. The molecule has 1 aliphatic rings. The highest BCUT2D eigenvalue weighted by molar-refractivity contribution is 5.11. The summed E-state index contributed by atoms with van der Waals surface area (Å²) in [5, 5.41) is 3.41. The second-order valence-electron chi connectivity index (χ2n) is 5.15. The van der Waals surface area contributed by atoms with E-state index in [1.807, 2.05) is 31.2 Å². The molecule has 2 aromatic rings. The van der Waals surface area contributed by atoms with Crippen LogP contribution in [-0.2, 0) is 13.1 Å². The maximum absolute atomic E-state index is 11.9. The summed E-state index contributed by atoms with van der Waals surface area (Å²) in [5.41, 5.74) is 0.793. The highest BCUT2D eigenvalue weighted by Gasteiger charge is 2.20. The summed E-state index contributed by atoms with van der Waals surface area (Å²) in [7, 11) is 0. The molecule has 1 saturated carbocycles. The van der Waals surface area contributed by atoms with Crippen molar-refractivity contribution in [2.24, 2.45) is 0 Å². The molecule has 1 N–H and O–H groups in total. The molecule has 1 aliphatic carbocycles. The molecular weight excluding hydrogens is 240 g/mol. The first-order valence-corrected chi connectivity index (χ1v) is 6.69. The molecular formula is C15H18N2O2. The van der Waals surface area contributed by atoms with E-state index in [4.69, 9.17) is 4.42 Å². The SMILES string of the molecule is Cc1cccn(Cc2ccc(CNC3CC3)o2)c1=O. The van der Waals surface area contributed by atoms with Gasteiger partial charge in [0.2, 0.25) is 0 Å². The van der Waals surface area contributed by atoms with Gasteiger partial charge in [-0.2, -0.15) is 0 Å². The van der Waals surface area contributed by atoms with Crippen molar-refractivity contribution in [1.82, 2.24) is 9.88 Å². The number of rotatable bonds is 5. The van der Waals surface area contributed by atoms with Crippen LogP contribution >= 0.6 is 0 Å². The molecule has 0 aromatic carbocycles. The lowest BCUT2D eigenvalue weighted by molar-refractivity contribution is 0.435. The monoisotopic (exact) mass is 258 g/mol. The van der Waals surface area contributed by atoms with Crippen LogP contribution in [0.4, 0.5) is 0 Å². The first-order chi connectivity index (χ1) is 9.22. The Kier molecular flexibility index (Phi) is 3.25. The zero-order valence-electron chi connectivity index (χ0n) is 11.1. The molecule has 0 amide bonds. The smallest absolute Gasteiger partial charge is 0.253 e. The second-order valence-corrected chi connectivity index (χ2v) is 5.15. The molecule has 4 heteroatoms. The number of hydrogen-bond acceptors (Lipinski definition) is 3. The van der Waals surface area contributed by atoms with Gasteiger partial charge < -0.3 is 14.3 Å². The lowest BCUT2D eigenvalue weighted by Crippen LogP contribution is -2.21. The number of pyridine rings is 1. The lowest BCUT2D eigenvalue weighted by atomic mass is 10.3. The summed E-state index contributed by atoms with van der Waals surface area (Å²) in [6.45, 7) is 3.09. The average molecular weight is 258 g/mol. The predicted molar refractivity (Wildman–Crippen MR) is 73.1 cm³/mol. The number of nitrogens with one attached hydrogen (secondary N) is 1. The molecule has 0 aliphatic heterocycles. The van der Waals surface area contributed by atoms with Gasteiger partial charge in [-0.05, 0) is 38.0 Å². The molecule has 1 fully saturated rings. The first kappa shape index (κ1) is 12.2. The zero-order valence-corrected chi connectivity index (χ0v) is 11.1. The summed E-state index contributed by atoms with van der Waals surface area (Å²) in [6.07, 6.45) is 4.33. The van der Waals surface area contributed by atoms with Crippen molar-refractivity contribution in [2.45, 2.75) is 38.9 Å². The minimum Gasteiger partial charge on any atom is -0.463 e. The van der Waals surface area contributed by atoms with Crippen molar-refractivity contribution in [3.63, 3.8) is 0 Å². The molecule has 2 heterocycles. The third-order valence-corrected chi connectivity index (χ3v) is 3.40. The molecule has 100 valence electrons. The fourth-order valence-corrected chi connectivity index (χ4v) is 2.08.